The Morgan fingerprint density at radius 2 is 2.00 bits per heavy atom. The van der Waals surface area contributed by atoms with E-state index >= 15 is 0 Å². The number of halogens is 1. The SMILES string of the molecule is CN(C)c1nc(Cl)nc(NCC2CCCC2CO)n1. The van der Waals surface area contributed by atoms with Crippen LogP contribution >= 0.6 is 11.6 Å². The molecule has 2 N–H and O–H groups in total. The Morgan fingerprint density at radius 1 is 1.26 bits per heavy atom. The summed E-state index contributed by atoms with van der Waals surface area (Å²) in [5.41, 5.74) is 0. The number of hydrogen-bond acceptors (Lipinski definition) is 6. The first-order valence-electron chi connectivity index (χ1n) is 6.53. The number of anilines is 2. The highest BCUT2D eigenvalue weighted by atomic mass is 35.5. The van der Waals surface area contributed by atoms with Gasteiger partial charge >= 0.3 is 0 Å². The highest BCUT2D eigenvalue weighted by molar-refractivity contribution is 6.28. The van der Waals surface area contributed by atoms with Crippen molar-refractivity contribution >= 4 is 23.5 Å². The third-order valence-corrected chi connectivity index (χ3v) is 3.74. The fraction of sp³-hybridized carbons (Fsp3) is 0.750. The summed E-state index contributed by atoms with van der Waals surface area (Å²) in [5, 5.41) is 12.7. The van der Waals surface area contributed by atoms with Crippen LogP contribution in [0.25, 0.3) is 0 Å². The maximum atomic E-state index is 9.30. The van der Waals surface area contributed by atoms with Gasteiger partial charge in [0, 0.05) is 27.2 Å². The molecule has 1 aromatic rings. The molecule has 1 saturated carbocycles. The zero-order valence-electron chi connectivity index (χ0n) is 11.3. The van der Waals surface area contributed by atoms with E-state index in [0.29, 0.717) is 23.7 Å². The average Bonchev–Trinajstić information content (AvgIpc) is 2.83. The molecule has 1 aromatic heterocycles. The van der Waals surface area contributed by atoms with Crippen molar-refractivity contribution in [3.63, 3.8) is 0 Å². The minimum atomic E-state index is 0.186. The second kappa shape index (κ2) is 6.34. The van der Waals surface area contributed by atoms with E-state index in [1.165, 1.54) is 6.42 Å². The Morgan fingerprint density at radius 3 is 2.68 bits per heavy atom. The average molecular weight is 286 g/mol. The summed E-state index contributed by atoms with van der Waals surface area (Å²) in [6, 6.07) is 0. The molecule has 2 rings (SSSR count). The van der Waals surface area contributed by atoms with Gasteiger partial charge in [0.05, 0.1) is 0 Å². The molecule has 1 fully saturated rings. The van der Waals surface area contributed by atoms with Crippen LogP contribution in [0.15, 0.2) is 0 Å². The molecule has 1 aliphatic carbocycles. The third-order valence-electron chi connectivity index (χ3n) is 3.57. The van der Waals surface area contributed by atoms with Crippen LogP contribution in [0.5, 0.6) is 0 Å². The molecule has 0 radical (unpaired) electrons. The molecule has 1 heterocycles. The third kappa shape index (κ3) is 3.67. The molecule has 106 valence electrons. The molecule has 1 aliphatic rings. The van der Waals surface area contributed by atoms with Gasteiger partial charge in [-0.05, 0) is 36.3 Å². The van der Waals surface area contributed by atoms with E-state index in [4.69, 9.17) is 11.6 Å². The number of nitrogens with one attached hydrogen (secondary N) is 1. The minimum absolute atomic E-state index is 0.186. The monoisotopic (exact) mass is 285 g/mol. The van der Waals surface area contributed by atoms with Gasteiger partial charge in [-0.3, -0.25) is 0 Å². The van der Waals surface area contributed by atoms with Crippen molar-refractivity contribution in [2.75, 3.05) is 37.5 Å². The Hall–Kier alpha value is -1.14. The van der Waals surface area contributed by atoms with E-state index in [0.717, 1.165) is 19.4 Å². The first-order chi connectivity index (χ1) is 9.10. The quantitative estimate of drug-likeness (QED) is 0.852. The smallest absolute Gasteiger partial charge is 0.230 e. The predicted molar refractivity (Wildman–Crippen MR) is 75.6 cm³/mol. The highest BCUT2D eigenvalue weighted by Crippen LogP contribution is 2.31. The van der Waals surface area contributed by atoms with Crippen molar-refractivity contribution in [3.8, 4) is 0 Å². The summed E-state index contributed by atoms with van der Waals surface area (Å²) in [6.45, 7) is 1.02. The topological polar surface area (TPSA) is 74.2 Å². The molecule has 19 heavy (non-hydrogen) atoms. The fourth-order valence-corrected chi connectivity index (χ4v) is 2.62. The predicted octanol–water partition coefficient (Wildman–Crippen LogP) is 1.41. The van der Waals surface area contributed by atoms with Gasteiger partial charge in [0.15, 0.2) is 0 Å². The van der Waals surface area contributed by atoms with E-state index in [9.17, 15) is 5.11 Å². The van der Waals surface area contributed by atoms with Crippen LogP contribution in [0.2, 0.25) is 5.28 Å². The summed E-state index contributed by atoms with van der Waals surface area (Å²) >= 11 is 5.88. The van der Waals surface area contributed by atoms with Gasteiger partial charge in [-0.2, -0.15) is 15.0 Å². The minimum Gasteiger partial charge on any atom is -0.396 e. The molecule has 0 saturated heterocycles. The second-order valence-electron chi connectivity index (χ2n) is 5.14. The first-order valence-corrected chi connectivity index (χ1v) is 6.91. The van der Waals surface area contributed by atoms with Crippen molar-refractivity contribution in [2.45, 2.75) is 19.3 Å². The molecule has 7 heteroatoms. The normalized spacial score (nSPS) is 22.5. The van der Waals surface area contributed by atoms with E-state index < -0.39 is 0 Å². The number of aliphatic hydroxyl groups is 1. The van der Waals surface area contributed by atoms with Crippen LogP contribution in [0.4, 0.5) is 11.9 Å². The molecule has 0 bridgehead atoms. The lowest BCUT2D eigenvalue weighted by Gasteiger charge is -2.18. The van der Waals surface area contributed by atoms with Gasteiger partial charge in [0.25, 0.3) is 0 Å². The van der Waals surface area contributed by atoms with E-state index in [1.54, 1.807) is 4.90 Å². The largest absolute Gasteiger partial charge is 0.396 e. The lowest BCUT2D eigenvalue weighted by molar-refractivity contribution is 0.199. The molecule has 0 aromatic carbocycles. The van der Waals surface area contributed by atoms with Crippen LogP contribution in [0.3, 0.4) is 0 Å². The Kier molecular flexibility index (Phi) is 4.76. The van der Waals surface area contributed by atoms with E-state index in [-0.39, 0.29) is 11.9 Å². The fourth-order valence-electron chi connectivity index (χ4n) is 2.46. The van der Waals surface area contributed by atoms with Crippen LogP contribution in [-0.2, 0) is 0 Å². The molecule has 0 aliphatic heterocycles. The molecule has 0 amide bonds. The van der Waals surface area contributed by atoms with Crippen molar-refractivity contribution in [1.82, 2.24) is 15.0 Å². The number of nitrogens with zero attached hydrogens (tertiary/aromatic N) is 4. The Bertz CT molecular complexity index is 429. The van der Waals surface area contributed by atoms with Crippen LogP contribution < -0.4 is 10.2 Å². The second-order valence-corrected chi connectivity index (χ2v) is 5.48. The van der Waals surface area contributed by atoms with Crippen LogP contribution in [0.1, 0.15) is 19.3 Å². The van der Waals surface area contributed by atoms with Gasteiger partial charge in [0.1, 0.15) is 0 Å². The lowest BCUT2D eigenvalue weighted by Crippen LogP contribution is -2.22. The summed E-state index contributed by atoms with van der Waals surface area (Å²) in [6.07, 6.45) is 3.42. The number of aliphatic hydroxyl groups excluding tert-OH is 1. The van der Waals surface area contributed by atoms with Crippen molar-refractivity contribution in [3.05, 3.63) is 5.28 Å². The highest BCUT2D eigenvalue weighted by Gasteiger charge is 2.26. The standard InChI is InChI=1S/C12H20ClN5O/c1-18(2)12-16-10(13)15-11(17-12)14-6-8-4-3-5-9(8)7-19/h8-9,19H,3-7H2,1-2H3,(H,14,15,16,17). The van der Waals surface area contributed by atoms with Gasteiger partial charge in [-0.15, -0.1) is 0 Å². The summed E-state index contributed by atoms with van der Waals surface area (Å²) in [7, 11) is 3.71. The van der Waals surface area contributed by atoms with Gasteiger partial charge in [-0.25, -0.2) is 0 Å². The molecule has 0 spiro atoms. The molecular formula is C12H20ClN5O. The summed E-state index contributed by atoms with van der Waals surface area (Å²) in [5.74, 6) is 1.89. The molecule has 2 unspecified atom stereocenters. The summed E-state index contributed by atoms with van der Waals surface area (Å²) in [4.78, 5) is 14.2. The van der Waals surface area contributed by atoms with Crippen molar-refractivity contribution in [1.29, 1.82) is 0 Å². The number of hydrogen-bond donors (Lipinski definition) is 2. The maximum Gasteiger partial charge on any atom is 0.230 e. The van der Waals surface area contributed by atoms with Crippen LogP contribution in [0, 0.1) is 11.8 Å². The number of aromatic nitrogens is 3. The van der Waals surface area contributed by atoms with Gasteiger partial charge in [0.2, 0.25) is 17.2 Å². The Balaban J connectivity index is 1.99. The van der Waals surface area contributed by atoms with E-state index in [2.05, 4.69) is 20.3 Å². The first kappa shape index (κ1) is 14.3. The van der Waals surface area contributed by atoms with Gasteiger partial charge in [-0.1, -0.05) is 6.42 Å². The summed E-state index contributed by atoms with van der Waals surface area (Å²) < 4.78 is 0. The zero-order chi connectivity index (χ0) is 13.8. The van der Waals surface area contributed by atoms with Crippen LogP contribution in [-0.4, -0.2) is 47.3 Å². The van der Waals surface area contributed by atoms with Crippen molar-refractivity contribution < 1.29 is 5.11 Å². The molecule has 6 nitrogen and oxygen atoms in total. The van der Waals surface area contributed by atoms with E-state index in [1.807, 2.05) is 14.1 Å². The lowest BCUT2D eigenvalue weighted by atomic mass is 9.97. The Labute approximate surface area is 118 Å². The molecule has 2 atom stereocenters. The number of rotatable bonds is 5. The maximum absolute atomic E-state index is 9.30. The zero-order valence-corrected chi connectivity index (χ0v) is 12.1. The van der Waals surface area contributed by atoms with Gasteiger partial charge < -0.3 is 15.3 Å². The van der Waals surface area contributed by atoms with Crippen molar-refractivity contribution in [2.24, 2.45) is 11.8 Å². The molecular weight excluding hydrogens is 266 g/mol.